The second-order valence-corrected chi connectivity index (χ2v) is 2.89. The lowest BCUT2D eigenvalue weighted by molar-refractivity contribution is -0.700. The van der Waals surface area contributed by atoms with Gasteiger partial charge in [-0.15, -0.1) is 0 Å². The fourth-order valence-corrected chi connectivity index (χ4v) is 1.50. The van der Waals surface area contributed by atoms with E-state index in [-0.39, 0.29) is 0 Å². The van der Waals surface area contributed by atoms with Crippen LogP contribution in [0, 0.1) is 6.92 Å². The third-order valence-corrected chi connectivity index (χ3v) is 2.25. The first kappa shape index (κ1) is 8.31. The van der Waals surface area contributed by atoms with Crippen LogP contribution in [-0.4, -0.2) is 4.57 Å². The van der Waals surface area contributed by atoms with Crippen LogP contribution in [0.3, 0.4) is 0 Å². The molecule has 1 rings (SSSR count). The van der Waals surface area contributed by atoms with Crippen LogP contribution >= 0.6 is 0 Å². The zero-order valence-corrected chi connectivity index (χ0v) is 7.89. The molecule has 1 aromatic rings. The second-order valence-electron chi connectivity index (χ2n) is 2.89. The monoisotopic (exact) mass is 153 g/mol. The van der Waals surface area contributed by atoms with Crippen molar-refractivity contribution in [2.75, 3.05) is 0 Å². The maximum absolute atomic E-state index is 2.30. The van der Waals surface area contributed by atoms with Gasteiger partial charge in [-0.1, -0.05) is 6.92 Å². The Bertz CT molecular complexity index is 248. The van der Waals surface area contributed by atoms with Crippen LogP contribution in [0.4, 0.5) is 0 Å². The fraction of sp³-hybridized carbons (Fsp3) is 0.667. The van der Waals surface area contributed by atoms with Gasteiger partial charge in [0.1, 0.15) is 11.9 Å². The molecule has 0 saturated carbocycles. The molecule has 0 atom stereocenters. The minimum Gasteiger partial charge on any atom is -0.234 e. The van der Waals surface area contributed by atoms with E-state index in [1.165, 1.54) is 11.5 Å². The molecule has 0 bridgehead atoms. The molecule has 1 aromatic heterocycles. The van der Waals surface area contributed by atoms with Crippen LogP contribution in [-0.2, 0) is 20.0 Å². The average Bonchev–Trinajstić information content (AvgIpc) is 2.28. The first-order valence-corrected chi connectivity index (χ1v) is 4.25. The van der Waals surface area contributed by atoms with Crippen LogP contribution in [0.25, 0.3) is 0 Å². The van der Waals surface area contributed by atoms with Gasteiger partial charge in [0.05, 0.1) is 13.6 Å². The van der Waals surface area contributed by atoms with E-state index in [1.54, 1.807) is 0 Å². The third kappa shape index (κ3) is 1.30. The molecule has 0 aliphatic heterocycles. The van der Waals surface area contributed by atoms with Crippen molar-refractivity contribution in [1.29, 1.82) is 0 Å². The molecule has 2 heteroatoms. The smallest absolute Gasteiger partial charge is 0.234 e. The molecule has 0 aliphatic carbocycles. The van der Waals surface area contributed by atoms with E-state index in [0.29, 0.717) is 0 Å². The molecule has 0 fully saturated rings. The second kappa shape index (κ2) is 3.07. The summed E-state index contributed by atoms with van der Waals surface area (Å²) in [5, 5.41) is 0. The SMILES string of the molecule is CCc1n(C)c(C)c[n+]1CC. The molecule has 62 valence electrons. The lowest BCUT2D eigenvalue weighted by Crippen LogP contribution is -2.35. The van der Waals surface area contributed by atoms with Gasteiger partial charge in [-0.3, -0.25) is 0 Å². The van der Waals surface area contributed by atoms with E-state index in [0.717, 1.165) is 13.0 Å². The lowest BCUT2D eigenvalue weighted by Gasteiger charge is -1.95. The largest absolute Gasteiger partial charge is 0.256 e. The maximum atomic E-state index is 2.30. The highest BCUT2D eigenvalue weighted by Crippen LogP contribution is 1.99. The molecule has 0 saturated heterocycles. The summed E-state index contributed by atoms with van der Waals surface area (Å²) in [5.41, 5.74) is 1.34. The third-order valence-electron chi connectivity index (χ3n) is 2.25. The molecule has 0 radical (unpaired) electrons. The number of hydrogen-bond donors (Lipinski definition) is 0. The van der Waals surface area contributed by atoms with E-state index in [2.05, 4.69) is 43.1 Å². The van der Waals surface area contributed by atoms with Gasteiger partial charge >= 0.3 is 0 Å². The first-order chi connectivity index (χ1) is 5.20. The predicted molar refractivity (Wildman–Crippen MR) is 45.4 cm³/mol. The molecule has 0 aromatic carbocycles. The molecule has 2 nitrogen and oxygen atoms in total. The molecule has 0 N–H and O–H groups in total. The number of aromatic nitrogens is 2. The average molecular weight is 153 g/mol. The van der Waals surface area contributed by atoms with Gasteiger partial charge in [-0.2, -0.15) is 0 Å². The Kier molecular flexibility index (Phi) is 2.32. The van der Waals surface area contributed by atoms with Gasteiger partial charge in [-0.25, -0.2) is 9.13 Å². The molecule has 0 amide bonds. The molecular weight excluding hydrogens is 136 g/mol. The van der Waals surface area contributed by atoms with Gasteiger partial charge in [-0.05, 0) is 6.92 Å². The predicted octanol–water partition coefficient (Wildman–Crippen LogP) is 1.20. The highest BCUT2D eigenvalue weighted by Gasteiger charge is 2.13. The van der Waals surface area contributed by atoms with Crippen molar-refractivity contribution in [2.45, 2.75) is 33.7 Å². The van der Waals surface area contributed by atoms with Crippen LogP contribution in [0.2, 0.25) is 0 Å². The Labute approximate surface area is 68.5 Å². The summed E-state index contributed by atoms with van der Waals surface area (Å²) in [6.07, 6.45) is 3.32. The van der Waals surface area contributed by atoms with E-state index in [9.17, 15) is 0 Å². The maximum Gasteiger partial charge on any atom is 0.256 e. The molecule has 11 heavy (non-hydrogen) atoms. The molecular formula is C9H17N2+. The van der Waals surface area contributed by atoms with Crippen LogP contribution in [0.1, 0.15) is 25.4 Å². The lowest BCUT2D eigenvalue weighted by atomic mass is 10.4. The Morgan fingerprint density at radius 1 is 1.45 bits per heavy atom. The summed E-state index contributed by atoms with van der Waals surface area (Å²) in [5.74, 6) is 1.41. The Morgan fingerprint density at radius 3 is 2.45 bits per heavy atom. The van der Waals surface area contributed by atoms with Gasteiger partial charge in [0.2, 0.25) is 0 Å². The summed E-state index contributed by atoms with van der Waals surface area (Å²) >= 11 is 0. The van der Waals surface area contributed by atoms with Crippen LogP contribution in [0.5, 0.6) is 0 Å². The van der Waals surface area contributed by atoms with E-state index >= 15 is 0 Å². The van der Waals surface area contributed by atoms with Gasteiger partial charge in [0.25, 0.3) is 5.82 Å². The molecule has 0 unspecified atom stereocenters. The topological polar surface area (TPSA) is 8.81 Å². The summed E-state index contributed by atoms with van der Waals surface area (Å²) in [7, 11) is 2.13. The zero-order valence-electron chi connectivity index (χ0n) is 7.89. The van der Waals surface area contributed by atoms with E-state index < -0.39 is 0 Å². The Morgan fingerprint density at radius 2 is 2.09 bits per heavy atom. The van der Waals surface area contributed by atoms with Crippen molar-refractivity contribution < 1.29 is 4.57 Å². The summed E-state index contributed by atoms with van der Waals surface area (Å²) < 4.78 is 4.55. The van der Waals surface area contributed by atoms with Crippen molar-refractivity contribution >= 4 is 0 Å². The van der Waals surface area contributed by atoms with Gasteiger partial charge in [0.15, 0.2) is 0 Å². The Hall–Kier alpha value is -0.790. The summed E-state index contributed by atoms with van der Waals surface area (Å²) in [6.45, 7) is 7.59. The van der Waals surface area contributed by atoms with Crippen LogP contribution in [0.15, 0.2) is 6.20 Å². The number of rotatable bonds is 2. The standard InChI is InChI=1S/C9H17N2/c1-5-9-10(4)8(3)7-11(9)6-2/h7H,5-6H2,1-4H3/q+1. The minimum atomic E-state index is 1.07. The van der Waals surface area contributed by atoms with E-state index in [1.807, 2.05) is 0 Å². The Balaban J connectivity index is 3.15. The molecule has 1 heterocycles. The van der Waals surface area contributed by atoms with Crippen molar-refractivity contribution in [2.24, 2.45) is 7.05 Å². The highest BCUT2D eigenvalue weighted by atomic mass is 15.1. The number of hydrogen-bond acceptors (Lipinski definition) is 0. The van der Waals surface area contributed by atoms with E-state index in [4.69, 9.17) is 0 Å². The van der Waals surface area contributed by atoms with Crippen molar-refractivity contribution in [1.82, 2.24) is 4.57 Å². The zero-order chi connectivity index (χ0) is 8.43. The normalized spacial score (nSPS) is 10.5. The van der Waals surface area contributed by atoms with Crippen molar-refractivity contribution in [3.8, 4) is 0 Å². The molecule has 0 aliphatic rings. The fourth-order valence-electron chi connectivity index (χ4n) is 1.50. The van der Waals surface area contributed by atoms with Gasteiger partial charge < -0.3 is 0 Å². The number of aryl methyl sites for hydroxylation is 2. The highest BCUT2D eigenvalue weighted by molar-refractivity contribution is 4.94. The van der Waals surface area contributed by atoms with Gasteiger partial charge in [0, 0.05) is 13.3 Å². The summed E-state index contributed by atoms with van der Waals surface area (Å²) in [6, 6.07) is 0. The number of imidazole rings is 1. The minimum absolute atomic E-state index is 1.07. The summed E-state index contributed by atoms with van der Waals surface area (Å²) in [4.78, 5) is 0. The van der Waals surface area contributed by atoms with Crippen molar-refractivity contribution in [3.05, 3.63) is 17.7 Å². The van der Waals surface area contributed by atoms with Crippen molar-refractivity contribution in [3.63, 3.8) is 0 Å². The molecule has 0 spiro atoms. The quantitative estimate of drug-likeness (QED) is 0.565. The first-order valence-electron chi connectivity index (χ1n) is 4.25. The number of nitrogens with zero attached hydrogens (tertiary/aromatic N) is 2. The van der Waals surface area contributed by atoms with Crippen LogP contribution < -0.4 is 4.57 Å².